The number of halogens is 1. The molecule has 0 unspecified atom stereocenters. The van der Waals surface area contributed by atoms with E-state index < -0.39 is 10.0 Å². The Bertz CT molecular complexity index is 721. The highest BCUT2D eigenvalue weighted by molar-refractivity contribution is 9.11. The molecule has 2 rings (SSSR count). The van der Waals surface area contributed by atoms with Gasteiger partial charge in [-0.3, -0.25) is 9.40 Å². The summed E-state index contributed by atoms with van der Waals surface area (Å²) in [6, 6.07) is 1.85. The van der Waals surface area contributed by atoms with Crippen molar-refractivity contribution in [1.29, 1.82) is 0 Å². The topological polar surface area (TPSA) is 76.0 Å². The lowest BCUT2D eigenvalue weighted by Gasteiger charge is -2.05. The number of anilines is 1. The molecule has 0 aliphatic rings. The highest BCUT2D eigenvalue weighted by Gasteiger charge is 2.21. The second-order valence-corrected chi connectivity index (χ2v) is 8.89. The van der Waals surface area contributed by atoms with Gasteiger partial charge in [0.05, 0.1) is 15.7 Å². The normalized spacial score (nSPS) is 12.0. The molecule has 0 radical (unpaired) electrons. The molecule has 2 aromatic heterocycles. The van der Waals surface area contributed by atoms with Crippen molar-refractivity contribution >= 4 is 43.0 Å². The number of sulfonamides is 1. The molecule has 0 amide bonds. The largest absolute Gasteiger partial charge is 0.315 e. The zero-order valence-corrected chi connectivity index (χ0v) is 15.1. The molecule has 2 N–H and O–H groups in total. The molecule has 0 saturated carbocycles. The highest BCUT2D eigenvalue weighted by Crippen LogP contribution is 2.32. The minimum atomic E-state index is -3.62. The summed E-state index contributed by atoms with van der Waals surface area (Å²) in [5.74, 6) is 0. The number of rotatable bonds is 6. The summed E-state index contributed by atoms with van der Waals surface area (Å²) in [5, 5.41) is 7.12. The van der Waals surface area contributed by atoms with E-state index in [4.69, 9.17) is 0 Å². The molecule has 0 atom stereocenters. The van der Waals surface area contributed by atoms with Crippen LogP contribution in [0.2, 0.25) is 0 Å². The summed E-state index contributed by atoms with van der Waals surface area (Å²) >= 11 is 4.72. The number of hydrogen-bond acceptors (Lipinski definition) is 5. The molecule has 0 fully saturated rings. The maximum Gasteiger partial charge on any atom is 0.263 e. The van der Waals surface area contributed by atoms with E-state index in [1.54, 1.807) is 16.9 Å². The number of nitrogens with one attached hydrogen (secondary N) is 2. The van der Waals surface area contributed by atoms with Crippen molar-refractivity contribution < 1.29 is 8.42 Å². The van der Waals surface area contributed by atoms with Gasteiger partial charge in [-0.1, -0.05) is 0 Å². The average molecular weight is 393 g/mol. The molecule has 9 heteroatoms. The molecule has 2 aromatic rings. The Morgan fingerprint density at radius 1 is 1.48 bits per heavy atom. The van der Waals surface area contributed by atoms with Gasteiger partial charge in [0.2, 0.25) is 0 Å². The van der Waals surface area contributed by atoms with Crippen LogP contribution >= 0.6 is 27.3 Å². The zero-order valence-electron chi connectivity index (χ0n) is 11.9. The van der Waals surface area contributed by atoms with Crippen LogP contribution in [0.5, 0.6) is 0 Å². The third-order valence-electron chi connectivity index (χ3n) is 2.73. The molecule has 0 bridgehead atoms. The fourth-order valence-corrected chi connectivity index (χ4v) is 5.45. The van der Waals surface area contributed by atoms with Crippen molar-refractivity contribution in [3.05, 3.63) is 27.1 Å². The van der Waals surface area contributed by atoms with Crippen LogP contribution < -0.4 is 10.0 Å². The second kappa shape index (κ2) is 6.47. The first kappa shape index (κ1) is 16.5. The van der Waals surface area contributed by atoms with Crippen LogP contribution in [0.3, 0.4) is 0 Å². The Hall–Kier alpha value is -0.900. The van der Waals surface area contributed by atoms with E-state index in [0.717, 1.165) is 4.88 Å². The van der Waals surface area contributed by atoms with Crippen LogP contribution in [0.1, 0.15) is 24.8 Å². The third kappa shape index (κ3) is 3.85. The van der Waals surface area contributed by atoms with Gasteiger partial charge in [-0.15, -0.1) is 11.3 Å². The summed E-state index contributed by atoms with van der Waals surface area (Å²) < 4.78 is 29.7. The van der Waals surface area contributed by atoms with Gasteiger partial charge in [-0.25, -0.2) is 8.42 Å². The number of hydrogen-bond donors (Lipinski definition) is 2. The van der Waals surface area contributed by atoms with Gasteiger partial charge in [0.1, 0.15) is 4.90 Å². The molecule has 0 saturated heterocycles. The minimum absolute atomic E-state index is 0.179. The van der Waals surface area contributed by atoms with E-state index in [0.29, 0.717) is 16.0 Å². The standard InChI is InChI=1S/C12H17BrN4O2S2/c1-8(2)17-7-9(5-15-17)16-21(18,19)11-4-10(6-14-3)20-12(11)13/h4-5,7-8,14,16H,6H2,1-3H3. The first-order valence-corrected chi connectivity index (χ1v) is 9.42. The van der Waals surface area contributed by atoms with Crippen molar-refractivity contribution in [2.45, 2.75) is 31.3 Å². The number of nitrogens with zero attached hydrogens (tertiary/aromatic N) is 2. The molecule has 0 aromatic carbocycles. The van der Waals surface area contributed by atoms with E-state index in [2.05, 4.69) is 31.1 Å². The Morgan fingerprint density at radius 2 is 2.19 bits per heavy atom. The monoisotopic (exact) mass is 392 g/mol. The Labute approximate surface area is 136 Å². The maximum atomic E-state index is 12.4. The second-order valence-electron chi connectivity index (χ2n) is 4.79. The molecule has 116 valence electrons. The van der Waals surface area contributed by atoms with Crippen molar-refractivity contribution in [3.63, 3.8) is 0 Å². The molecule has 6 nitrogen and oxygen atoms in total. The molecule has 21 heavy (non-hydrogen) atoms. The highest BCUT2D eigenvalue weighted by atomic mass is 79.9. The van der Waals surface area contributed by atoms with Crippen LogP contribution in [0.25, 0.3) is 0 Å². The lowest BCUT2D eigenvalue weighted by molar-refractivity contribution is 0.532. The van der Waals surface area contributed by atoms with Crippen LogP contribution in [-0.2, 0) is 16.6 Å². The third-order valence-corrected chi connectivity index (χ3v) is 6.36. The first-order chi connectivity index (χ1) is 9.83. The van der Waals surface area contributed by atoms with Gasteiger partial charge in [0, 0.05) is 23.7 Å². The van der Waals surface area contributed by atoms with Crippen LogP contribution in [0.4, 0.5) is 5.69 Å². The van der Waals surface area contributed by atoms with Gasteiger partial charge in [-0.05, 0) is 42.9 Å². The summed E-state index contributed by atoms with van der Waals surface area (Å²) in [6.07, 6.45) is 3.18. The number of thiophene rings is 1. The van der Waals surface area contributed by atoms with Crippen LogP contribution in [0.15, 0.2) is 27.1 Å². The zero-order chi connectivity index (χ0) is 15.6. The summed E-state index contributed by atoms with van der Waals surface area (Å²) in [6.45, 7) is 4.58. The minimum Gasteiger partial charge on any atom is -0.315 e. The van der Waals surface area contributed by atoms with E-state index in [1.807, 2.05) is 20.9 Å². The summed E-state index contributed by atoms with van der Waals surface area (Å²) in [7, 11) is -1.80. The predicted molar refractivity (Wildman–Crippen MR) is 88.2 cm³/mol. The Balaban J connectivity index is 2.25. The fraction of sp³-hybridized carbons (Fsp3) is 0.417. The Morgan fingerprint density at radius 3 is 2.76 bits per heavy atom. The summed E-state index contributed by atoms with van der Waals surface area (Å²) in [4.78, 5) is 1.19. The quantitative estimate of drug-likeness (QED) is 0.792. The van der Waals surface area contributed by atoms with Crippen LogP contribution in [-0.4, -0.2) is 25.2 Å². The Kier molecular flexibility index (Phi) is 5.07. The number of aromatic nitrogens is 2. The smallest absolute Gasteiger partial charge is 0.263 e. The van der Waals surface area contributed by atoms with Crippen molar-refractivity contribution in [2.75, 3.05) is 11.8 Å². The van der Waals surface area contributed by atoms with E-state index in [9.17, 15) is 8.42 Å². The average Bonchev–Trinajstić information content (AvgIpc) is 2.96. The lowest BCUT2D eigenvalue weighted by Crippen LogP contribution is -2.12. The van der Waals surface area contributed by atoms with Gasteiger partial charge in [0.15, 0.2) is 0 Å². The van der Waals surface area contributed by atoms with E-state index in [-0.39, 0.29) is 10.9 Å². The van der Waals surface area contributed by atoms with Crippen molar-refractivity contribution in [3.8, 4) is 0 Å². The molecule has 0 aliphatic carbocycles. The fourth-order valence-electron chi connectivity index (χ4n) is 1.73. The summed E-state index contributed by atoms with van der Waals surface area (Å²) in [5.41, 5.74) is 0.456. The molecule has 2 heterocycles. The first-order valence-electron chi connectivity index (χ1n) is 6.33. The van der Waals surface area contributed by atoms with Crippen LogP contribution in [0, 0.1) is 0 Å². The van der Waals surface area contributed by atoms with Gasteiger partial charge >= 0.3 is 0 Å². The molecular formula is C12H17BrN4O2S2. The van der Waals surface area contributed by atoms with Crippen molar-refractivity contribution in [2.24, 2.45) is 0 Å². The molecular weight excluding hydrogens is 376 g/mol. The SMILES string of the molecule is CNCc1cc(S(=O)(=O)Nc2cnn(C(C)C)c2)c(Br)s1. The van der Waals surface area contributed by atoms with E-state index >= 15 is 0 Å². The lowest BCUT2D eigenvalue weighted by atomic mass is 10.4. The predicted octanol–water partition coefficient (Wildman–Crippen LogP) is 2.81. The van der Waals surface area contributed by atoms with E-state index in [1.165, 1.54) is 17.5 Å². The molecule has 0 aliphatic heterocycles. The maximum absolute atomic E-state index is 12.4. The van der Waals surface area contributed by atoms with Gasteiger partial charge in [0.25, 0.3) is 10.0 Å². The van der Waals surface area contributed by atoms with Crippen molar-refractivity contribution in [1.82, 2.24) is 15.1 Å². The van der Waals surface area contributed by atoms with Gasteiger partial charge < -0.3 is 5.32 Å². The molecule has 0 spiro atoms. The van der Waals surface area contributed by atoms with Gasteiger partial charge in [-0.2, -0.15) is 5.10 Å².